The van der Waals surface area contributed by atoms with Crippen LogP contribution in [0.5, 0.6) is 17.4 Å². The van der Waals surface area contributed by atoms with Crippen molar-refractivity contribution in [1.29, 1.82) is 0 Å². The number of aromatic hydroxyl groups is 1. The normalized spacial score (nSPS) is 17.7. The van der Waals surface area contributed by atoms with Crippen LogP contribution < -0.4 is 14.4 Å². The number of anilines is 1. The first-order valence-electron chi connectivity index (χ1n) is 14.7. The predicted molar refractivity (Wildman–Crippen MR) is 157 cm³/mol. The van der Waals surface area contributed by atoms with E-state index in [4.69, 9.17) is 9.47 Å². The van der Waals surface area contributed by atoms with Crippen molar-refractivity contribution in [3.63, 3.8) is 0 Å². The quantitative estimate of drug-likeness (QED) is 0.330. The van der Waals surface area contributed by atoms with Gasteiger partial charge in [-0.15, -0.1) is 0 Å². The number of pyridine rings is 1. The molecular weight excluding hydrogens is 486 g/mol. The molecule has 1 saturated heterocycles. The van der Waals surface area contributed by atoms with Gasteiger partial charge in [-0.3, -0.25) is 4.90 Å². The Morgan fingerprint density at radius 1 is 1.00 bits per heavy atom. The zero-order chi connectivity index (χ0) is 27.0. The van der Waals surface area contributed by atoms with E-state index in [9.17, 15) is 5.11 Å². The van der Waals surface area contributed by atoms with E-state index in [1.165, 1.54) is 61.2 Å². The van der Waals surface area contributed by atoms with Crippen LogP contribution >= 0.6 is 0 Å². The van der Waals surface area contributed by atoms with Gasteiger partial charge in [-0.1, -0.05) is 31.0 Å². The van der Waals surface area contributed by atoms with Crippen molar-refractivity contribution >= 4 is 5.69 Å². The minimum atomic E-state index is 0.358. The van der Waals surface area contributed by atoms with Crippen LogP contribution in [-0.4, -0.2) is 54.9 Å². The van der Waals surface area contributed by atoms with E-state index in [-0.39, 0.29) is 0 Å². The summed E-state index contributed by atoms with van der Waals surface area (Å²) in [4.78, 5) is 9.56. The summed E-state index contributed by atoms with van der Waals surface area (Å²) >= 11 is 0. The van der Waals surface area contributed by atoms with E-state index in [0.29, 0.717) is 24.2 Å². The third-order valence-corrected chi connectivity index (χ3v) is 8.35. The number of aromatic nitrogens is 1. The molecule has 0 radical (unpaired) electrons. The van der Waals surface area contributed by atoms with Crippen LogP contribution in [0.4, 0.5) is 5.69 Å². The molecule has 0 spiro atoms. The van der Waals surface area contributed by atoms with Crippen LogP contribution in [0.1, 0.15) is 67.2 Å². The van der Waals surface area contributed by atoms with E-state index in [2.05, 4.69) is 52.0 Å². The van der Waals surface area contributed by atoms with E-state index < -0.39 is 0 Å². The van der Waals surface area contributed by atoms with Crippen LogP contribution in [0.3, 0.4) is 0 Å². The fourth-order valence-electron chi connectivity index (χ4n) is 6.09. The van der Waals surface area contributed by atoms with Crippen molar-refractivity contribution in [3.05, 3.63) is 77.0 Å². The van der Waals surface area contributed by atoms with Gasteiger partial charge in [0.15, 0.2) is 0 Å². The van der Waals surface area contributed by atoms with E-state index >= 15 is 0 Å². The number of fused-ring (bicyclic) bond motifs is 1. The number of hydrogen-bond acceptors (Lipinski definition) is 6. The number of methoxy groups -OCH3 is 1. The molecule has 0 amide bonds. The Hall–Kier alpha value is -3.25. The highest BCUT2D eigenvalue weighted by molar-refractivity contribution is 5.60. The molecule has 0 unspecified atom stereocenters. The van der Waals surface area contributed by atoms with Gasteiger partial charge in [0, 0.05) is 43.7 Å². The maximum atomic E-state index is 9.91. The highest BCUT2D eigenvalue weighted by Crippen LogP contribution is 2.40. The molecule has 3 aromatic rings. The lowest BCUT2D eigenvalue weighted by atomic mass is 9.79. The smallest absolute Gasteiger partial charge is 0.213 e. The second-order valence-electron chi connectivity index (χ2n) is 10.9. The van der Waals surface area contributed by atoms with Crippen LogP contribution in [-0.2, 0) is 19.4 Å². The number of rotatable bonds is 10. The standard InChI is InChI=1S/C33H43N3O3/c1-3-36(24-25-8-15-33(34-23-25)39-19-18-35-16-6-4-5-7-17-35)32-22-30(38-2)13-14-31(32)28-10-9-27-21-29(37)12-11-26(27)20-28/h8,11-15,21-23,28,37H,3-7,9-10,16-20,24H2,1-2H3/t28-/m1/s1. The molecule has 1 fully saturated rings. The number of hydrogen-bond donors (Lipinski definition) is 1. The second kappa shape index (κ2) is 13.2. The van der Waals surface area contributed by atoms with Crippen LogP contribution in [0, 0.1) is 0 Å². The number of aryl methyl sites for hydroxylation is 1. The van der Waals surface area contributed by atoms with Crippen molar-refractivity contribution in [1.82, 2.24) is 9.88 Å². The lowest BCUT2D eigenvalue weighted by Gasteiger charge is -2.32. The first-order valence-corrected chi connectivity index (χ1v) is 14.7. The zero-order valence-electron chi connectivity index (χ0n) is 23.6. The molecule has 1 N–H and O–H groups in total. The molecule has 0 bridgehead atoms. The predicted octanol–water partition coefficient (Wildman–Crippen LogP) is 6.35. The topological polar surface area (TPSA) is 58.1 Å². The first-order chi connectivity index (χ1) is 19.1. The van der Waals surface area contributed by atoms with Crippen LogP contribution in [0.25, 0.3) is 0 Å². The molecule has 39 heavy (non-hydrogen) atoms. The molecule has 5 rings (SSSR count). The SMILES string of the molecule is CCN(Cc1ccc(OCCN2CCCCCC2)nc1)c1cc(OC)ccc1[C@@H]1CCc2cc(O)ccc2C1. The molecule has 208 valence electrons. The Bertz CT molecular complexity index is 1210. The highest BCUT2D eigenvalue weighted by atomic mass is 16.5. The molecule has 1 aliphatic heterocycles. The summed E-state index contributed by atoms with van der Waals surface area (Å²) in [5.74, 6) is 2.36. The molecule has 6 nitrogen and oxygen atoms in total. The maximum Gasteiger partial charge on any atom is 0.213 e. The molecular formula is C33H43N3O3. The van der Waals surface area contributed by atoms with Gasteiger partial charge < -0.3 is 19.5 Å². The van der Waals surface area contributed by atoms with Gasteiger partial charge in [-0.2, -0.15) is 0 Å². The van der Waals surface area contributed by atoms with Gasteiger partial charge in [0.1, 0.15) is 18.1 Å². The lowest BCUT2D eigenvalue weighted by molar-refractivity contribution is 0.209. The van der Waals surface area contributed by atoms with Crippen molar-refractivity contribution in [2.24, 2.45) is 0 Å². The van der Waals surface area contributed by atoms with E-state index in [0.717, 1.165) is 50.2 Å². The average Bonchev–Trinajstić information content (AvgIpc) is 3.25. The van der Waals surface area contributed by atoms with Gasteiger partial charge in [-0.05, 0) is 98.5 Å². The van der Waals surface area contributed by atoms with Crippen molar-refractivity contribution in [2.45, 2.75) is 64.3 Å². The van der Waals surface area contributed by atoms with Gasteiger partial charge in [0.25, 0.3) is 0 Å². The summed E-state index contributed by atoms with van der Waals surface area (Å²) in [5, 5.41) is 9.91. The fourth-order valence-corrected chi connectivity index (χ4v) is 6.09. The van der Waals surface area contributed by atoms with Gasteiger partial charge in [-0.25, -0.2) is 4.98 Å². The molecule has 2 aromatic carbocycles. The summed E-state index contributed by atoms with van der Waals surface area (Å²) in [7, 11) is 1.73. The molecule has 1 aromatic heterocycles. The minimum Gasteiger partial charge on any atom is -0.508 e. The third kappa shape index (κ3) is 7.04. The number of phenols is 1. The molecule has 6 heteroatoms. The van der Waals surface area contributed by atoms with Crippen molar-refractivity contribution in [2.75, 3.05) is 44.8 Å². The van der Waals surface area contributed by atoms with E-state index in [1.54, 1.807) is 7.11 Å². The number of ether oxygens (including phenoxy) is 2. The third-order valence-electron chi connectivity index (χ3n) is 8.35. The summed E-state index contributed by atoms with van der Waals surface area (Å²) in [6.45, 7) is 7.89. The Morgan fingerprint density at radius 2 is 1.85 bits per heavy atom. The van der Waals surface area contributed by atoms with Crippen molar-refractivity contribution in [3.8, 4) is 17.4 Å². The first kappa shape index (κ1) is 27.3. The van der Waals surface area contributed by atoms with Crippen LogP contribution in [0.15, 0.2) is 54.7 Å². The highest BCUT2D eigenvalue weighted by Gasteiger charge is 2.25. The Labute approximate surface area is 233 Å². The Kier molecular flexibility index (Phi) is 9.25. The van der Waals surface area contributed by atoms with Crippen molar-refractivity contribution < 1.29 is 14.6 Å². The summed E-state index contributed by atoms with van der Waals surface area (Å²) in [5.41, 5.74) is 6.35. The molecule has 2 aliphatic rings. The van der Waals surface area contributed by atoms with E-state index in [1.807, 2.05) is 24.4 Å². The van der Waals surface area contributed by atoms with Gasteiger partial charge in [0.2, 0.25) is 5.88 Å². The number of phenolic OH excluding ortho intramolecular Hbond substituents is 1. The second-order valence-corrected chi connectivity index (χ2v) is 10.9. The van der Waals surface area contributed by atoms with Gasteiger partial charge >= 0.3 is 0 Å². The fraction of sp³-hybridized carbons (Fsp3) is 0.485. The number of benzene rings is 2. The largest absolute Gasteiger partial charge is 0.508 e. The Balaban J connectivity index is 1.26. The summed E-state index contributed by atoms with van der Waals surface area (Å²) < 4.78 is 11.6. The Morgan fingerprint density at radius 3 is 2.59 bits per heavy atom. The number of nitrogens with zero attached hydrogens (tertiary/aromatic N) is 3. The van der Waals surface area contributed by atoms with Gasteiger partial charge in [0.05, 0.1) is 7.11 Å². The van der Waals surface area contributed by atoms with Crippen LogP contribution in [0.2, 0.25) is 0 Å². The number of likely N-dealkylation sites (tertiary alicyclic amines) is 1. The molecule has 0 saturated carbocycles. The molecule has 1 aliphatic carbocycles. The summed E-state index contributed by atoms with van der Waals surface area (Å²) in [6.07, 6.45) is 10.3. The molecule has 1 atom stereocenters. The molecule has 2 heterocycles. The maximum absolute atomic E-state index is 9.91. The zero-order valence-corrected chi connectivity index (χ0v) is 23.6. The monoisotopic (exact) mass is 529 g/mol. The summed E-state index contributed by atoms with van der Waals surface area (Å²) in [6, 6.07) is 16.5. The minimum absolute atomic E-state index is 0.358. The lowest BCUT2D eigenvalue weighted by Crippen LogP contribution is -2.29. The average molecular weight is 530 g/mol.